The molecule has 0 fully saturated rings. The van der Waals surface area contributed by atoms with Gasteiger partial charge in [0.1, 0.15) is 5.82 Å². The lowest BCUT2D eigenvalue weighted by molar-refractivity contribution is -0.115. The van der Waals surface area contributed by atoms with Crippen LogP contribution in [0.2, 0.25) is 0 Å². The molecule has 5 rings (SSSR count). The highest BCUT2D eigenvalue weighted by Gasteiger charge is 2.18. The lowest BCUT2D eigenvalue weighted by Gasteiger charge is -2.12. The van der Waals surface area contributed by atoms with Gasteiger partial charge in [-0.15, -0.1) is 5.10 Å². The predicted molar refractivity (Wildman–Crippen MR) is 142 cm³/mol. The maximum absolute atomic E-state index is 13.3. The van der Waals surface area contributed by atoms with Crippen LogP contribution in [-0.4, -0.2) is 41.5 Å². The molecule has 0 spiro atoms. The number of hydrogen-bond donors (Lipinski definition) is 1. The van der Waals surface area contributed by atoms with Crippen LogP contribution in [0.4, 0.5) is 5.82 Å². The van der Waals surface area contributed by atoms with E-state index < -0.39 is 0 Å². The largest absolute Gasteiger partial charge is 0.311 e. The Bertz CT molecular complexity index is 1560. The first-order valence-electron chi connectivity index (χ1n) is 11.7. The molecule has 1 N–H and O–H groups in total. The van der Waals surface area contributed by atoms with Crippen LogP contribution in [0.5, 0.6) is 0 Å². The second-order valence-electron chi connectivity index (χ2n) is 8.67. The Kier molecular flexibility index (Phi) is 6.56. The van der Waals surface area contributed by atoms with Crippen molar-refractivity contribution in [3.8, 4) is 11.3 Å². The van der Waals surface area contributed by atoms with Gasteiger partial charge in [-0.05, 0) is 38.2 Å². The summed E-state index contributed by atoms with van der Waals surface area (Å²) >= 11 is 1.46. The normalized spacial score (nSPS) is 11.2. The molecule has 0 saturated carbocycles. The van der Waals surface area contributed by atoms with Crippen molar-refractivity contribution < 1.29 is 4.79 Å². The molecule has 0 atom stereocenters. The van der Waals surface area contributed by atoms with E-state index in [0.717, 1.165) is 39.3 Å². The van der Waals surface area contributed by atoms with Gasteiger partial charge in [0.2, 0.25) is 11.1 Å². The number of hydrogen-bond acceptors (Lipinski definition) is 6. The number of thioether (sulfide) groups is 1. The minimum Gasteiger partial charge on any atom is -0.311 e. The number of carbonyl (C=O) groups excluding carboxylic acids is 1. The fraction of sp³-hybridized carbons (Fsp3) is 0.222. The molecule has 0 bridgehead atoms. The van der Waals surface area contributed by atoms with E-state index in [0.29, 0.717) is 23.3 Å². The molecule has 1 amide bonds. The number of benzene rings is 2. The van der Waals surface area contributed by atoms with E-state index in [-0.39, 0.29) is 12.3 Å². The Labute approximate surface area is 213 Å². The topological polar surface area (TPSA) is 90.0 Å². The van der Waals surface area contributed by atoms with Crippen molar-refractivity contribution in [2.75, 3.05) is 11.6 Å². The van der Waals surface area contributed by atoms with Gasteiger partial charge in [-0.3, -0.25) is 4.79 Å². The fourth-order valence-electron chi connectivity index (χ4n) is 4.27. The van der Waals surface area contributed by atoms with Crippen molar-refractivity contribution in [1.29, 1.82) is 0 Å². The van der Waals surface area contributed by atoms with Gasteiger partial charge in [0.25, 0.3) is 5.78 Å². The fourth-order valence-corrected chi connectivity index (χ4v) is 4.60. The number of fused-ring (bicyclic) bond motifs is 1. The summed E-state index contributed by atoms with van der Waals surface area (Å²) in [4.78, 5) is 22.3. The molecule has 0 aliphatic carbocycles. The van der Waals surface area contributed by atoms with E-state index in [2.05, 4.69) is 45.5 Å². The highest BCUT2D eigenvalue weighted by Crippen LogP contribution is 2.26. The van der Waals surface area contributed by atoms with Crippen LogP contribution in [0.3, 0.4) is 0 Å². The van der Waals surface area contributed by atoms with Crippen LogP contribution in [0.25, 0.3) is 17.0 Å². The summed E-state index contributed by atoms with van der Waals surface area (Å²) in [7, 11) is 0. The molecule has 3 aromatic heterocycles. The van der Waals surface area contributed by atoms with E-state index in [1.807, 2.05) is 67.2 Å². The smallest absolute Gasteiger partial charge is 0.253 e. The molecule has 0 aliphatic heterocycles. The minimum absolute atomic E-state index is 0.141. The molecule has 0 unspecified atom stereocenters. The molecule has 5 aromatic rings. The molecule has 0 radical (unpaired) electrons. The van der Waals surface area contributed by atoms with Gasteiger partial charge in [-0.2, -0.15) is 10.1 Å². The second kappa shape index (κ2) is 9.94. The molecule has 0 aliphatic rings. The van der Waals surface area contributed by atoms with Crippen LogP contribution in [0, 0.1) is 20.8 Å². The van der Waals surface area contributed by atoms with Gasteiger partial charge in [-0.25, -0.2) is 14.2 Å². The van der Waals surface area contributed by atoms with Crippen molar-refractivity contribution in [3.05, 3.63) is 88.7 Å². The SMILES string of the molecule is CSc1nc2nc(C)c(CC(=O)Nc3cc(-c4ccccc4C)nn3Cc3ccccc3)c(C)n2n1. The number of anilines is 1. The van der Waals surface area contributed by atoms with Crippen LogP contribution < -0.4 is 5.32 Å². The molecule has 36 heavy (non-hydrogen) atoms. The van der Waals surface area contributed by atoms with Gasteiger partial charge in [-0.1, -0.05) is 66.4 Å². The number of nitrogens with one attached hydrogen (secondary N) is 1. The molecule has 2 aromatic carbocycles. The van der Waals surface area contributed by atoms with E-state index >= 15 is 0 Å². The molecule has 0 saturated heterocycles. The number of nitrogens with zero attached hydrogens (tertiary/aromatic N) is 6. The first-order chi connectivity index (χ1) is 17.4. The number of amides is 1. The van der Waals surface area contributed by atoms with Gasteiger partial charge in [0.05, 0.1) is 18.7 Å². The molecular weight excluding hydrogens is 470 g/mol. The molecular formula is C27H27N7OS. The van der Waals surface area contributed by atoms with Crippen molar-refractivity contribution in [3.63, 3.8) is 0 Å². The van der Waals surface area contributed by atoms with Crippen LogP contribution >= 0.6 is 11.8 Å². The number of aryl methyl sites for hydroxylation is 3. The van der Waals surface area contributed by atoms with Gasteiger partial charge < -0.3 is 5.32 Å². The van der Waals surface area contributed by atoms with E-state index in [1.165, 1.54) is 11.8 Å². The monoisotopic (exact) mass is 497 g/mol. The lowest BCUT2D eigenvalue weighted by atomic mass is 10.1. The average Bonchev–Trinajstić information content (AvgIpc) is 3.46. The highest BCUT2D eigenvalue weighted by atomic mass is 32.2. The lowest BCUT2D eigenvalue weighted by Crippen LogP contribution is -2.20. The standard InChI is InChI=1S/C27H27N7OS/c1-17-10-8-9-13-21(17)23-15-24(33(31-23)16-20-11-6-5-7-12-20)29-25(35)14-22-18(2)28-26-30-27(36-4)32-34(26)19(22)3/h5-13,15H,14,16H2,1-4H3,(H,29,35). The molecule has 182 valence electrons. The Morgan fingerprint density at radius 3 is 2.47 bits per heavy atom. The summed E-state index contributed by atoms with van der Waals surface area (Å²) in [6.07, 6.45) is 2.10. The third-order valence-corrected chi connectivity index (χ3v) is 6.73. The van der Waals surface area contributed by atoms with E-state index in [1.54, 1.807) is 4.52 Å². The Morgan fingerprint density at radius 2 is 1.72 bits per heavy atom. The van der Waals surface area contributed by atoms with E-state index in [9.17, 15) is 4.79 Å². The molecule has 8 nitrogen and oxygen atoms in total. The summed E-state index contributed by atoms with van der Waals surface area (Å²) in [6.45, 7) is 6.45. The zero-order chi connectivity index (χ0) is 25.2. The quantitative estimate of drug-likeness (QED) is 0.323. The van der Waals surface area contributed by atoms with Crippen LogP contribution in [-0.2, 0) is 17.8 Å². The summed E-state index contributed by atoms with van der Waals surface area (Å²) in [5.74, 6) is 1.05. The van der Waals surface area contributed by atoms with Crippen LogP contribution in [0.15, 0.2) is 65.8 Å². The third-order valence-electron chi connectivity index (χ3n) is 6.19. The summed E-state index contributed by atoms with van der Waals surface area (Å²) in [5, 5.41) is 13.1. The highest BCUT2D eigenvalue weighted by molar-refractivity contribution is 7.98. The predicted octanol–water partition coefficient (Wildman–Crippen LogP) is 4.86. The minimum atomic E-state index is -0.141. The zero-order valence-corrected chi connectivity index (χ0v) is 21.5. The number of aromatic nitrogens is 6. The summed E-state index contributed by atoms with van der Waals surface area (Å²) in [5.41, 5.74) is 6.56. The number of rotatable bonds is 7. The van der Waals surface area contributed by atoms with Crippen molar-refractivity contribution in [2.45, 2.75) is 38.9 Å². The van der Waals surface area contributed by atoms with Gasteiger partial charge >= 0.3 is 0 Å². The van der Waals surface area contributed by atoms with E-state index in [4.69, 9.17) is 5.10 Å². The van der Waals surface area contributed by atoms with Crippen molar-refractivity contribution >= 4 is 29.3 Å². The second-order valence-corrected chi connectivity index (χ2v) is 9.44. The van der Waals surface area contributed by atoms with Gasteiger partial charge in [0.15, 0.2) is 0 Å². The maximum Gasteiger partial charge on any atom is 0.253 e. The Hall–Kier alpha value is -3.98. The summed E-state index contributed by atoms with van der Waals surface area (Å²) < 4.78 is 3.55. The zero-order valence-electron chi connectivity index (χ0n) is 20.7. The van der Waals surface area contributed by atoms with Gasteiger partial charge in [0, 0.05) is 28.6 Å². The molecule has 3 heterocycles. The number of carbonyl (C=O) groups is 1. The first kappa shape index (κ1) is 23.7. The summed E-state index contributed by atoms with van der Waals surface area (Å²) in [6, 6.07) is 20.1. The maximum atomic E-state index is 13.3. The Balaban J connectivity index is 1.46. The average molecular weight is 498 g/mol. The Morgan fingerprint density at radius 1 is 0.972 bits per heavy atom. The molecule has 9 heteroatoms. The van der Waals surface area contributed by atoms with Crippen molar-refractivity contribution in [1.82, 2.24) is 29.4 Å². The first-order valence-corrected chi connectivity index (χ1v) is 12.9. The van der Waals surface area contributed by atoms with Crippen LogP contribution in [0.1, 0.15) is 28.1 Å². The third kappa shape index (κ3) is 4.74. The van der Waals surface area contributed by atoms with Crippen molar-refractivity contribution in [2.24, 2.45) is 0 Å².